The third kappa shape index (κ3) is 3.59. The number of H-pyrrole nitrogens is 1. The minimum absolute atomic E-state index is 0.138. The molecule has 0 aliphatic rings. The van der Waals surface area contributed by atoms with Crippen molar-refractivity contribution in [2.75, 3.05) is 5.73 Å². The van der Waals surface area contributed by atoms with Gasteiger partial charge >= 0.3 is 5.97 Å². The fraction of sp³-hybridized carbons (Fsp3) is 0. The predicted molar refractivity (Wildman–Crippen MR) is 79.5 cm³/mol. The number of nitrogens with two attached hydrogens (primary N) is 1. The highest BCUT2D eigenvalue weighted by Crippen LogP contribution is 2.22. The zero-order valence-electron chi connectivity index (χ0n) is 10.4. The van der Waals surface area contributed by atoms with E-state index in [1.54, 1.807) is 0 Å². The number of carboxylic acids is 1. The molecule has 21 heavy (non-hydrogen) atoms. The van der Waals surface area contributed by atoms with E-state index in [2.05, 4.69) is 19.9 Å². The molecule has 3 aromatic rings. The Hall–Kier alpha value is -2.38. The van der Waals surface area contributed by atoms with Crippen LogP contribution < -0.4 is 5.73 Å². The summed E-state index contributed by atoms with van der Waals surface area (Å²) in [4.78, 5) is 24.7. The van der Waals surface area contributed by atoms with Crippen molar-refractivity contribution in [3.63, 3.8) is 0 Å². The average Bonchev–Trinajstić information content (AvgIpc) is 2.92. The summed E-state index contributed by atoms with van der Waals surface area (Å²) in [7, 11) is 0. The summed E-state index contributed by atoms with van der Waals surface area (Å²) in [5.74, 6) is -0.578. The summed E-state index contributed by atoms with van der Waals surface area (Å²) in [6.45, 7) is 0. The molecule has 0 spiro atoms. The number of hydrogen-bond donors (Lipinski definition) is 3. The number of fused-ring (bicyclic) bond motifs is 1. The van der Waals surface area contributed by atoms with E-state index >= 15 is 0 Å². The van der Waals surface area contributed by atoms with E-state index in [-0.39, 0.29) is 10.6 Å². The molecule has 7 nitrogen and oxygen atoms in total. The van der Waals surface area contributed by atoms with Crippen molar-refractivity contribution in [1.29, 1.82) is 0 Å². The Morgan fingerprint density at radius 2 is 1.95 bits per heavy atom. The first-order chi connectivity index (χ1) is 9.99. The van der Waals surface area contributed by atoms with Gasteiger partial charge in [-0.1, -0.05) is 23.2 Å². The number of aromatic nitrogens is 4. The zero-order chi connectivity index (χ0) is 15.4. The number of nitrogen functional groups attached to an aromatic ring is 1. The number of halogens is 2. The summed E-state index contributed by atoms with van der Waals surface area (Å²) in [5, 5.41) is 9.11. The van der Waals surface area contributed by atoms with Gasteiger partial charge in [0.15, 0.2) is 11.5 Å². The van der Waals surface area contributed by atoms with Gasteiger partial charge in [-0.15, -0.1) is 0 Å². The second-order valence-corrected chi connectivity index (χ2v) is 4.61. The van der Waals surface area contributed by atoms with Crippen LogP contribution >= 0.6 is 23.2 Å². The van der Waals surface area contributed by atoms with Gasteiger partial charge in [-0.25, -0.2) is 19.7 Å². The smallest absolute Gasteiger partial charge is 0.335 e. The SMILES string of the molecule is Nc1ncnc2nc[nH]c12.O=C(O)c1ccc(Cl)c(Cl)c1. The molecule has 0 fully saturated rings. The number of hydrogen-bond acceptors (Lipinski definition) is 5. The largest absolute Gasteiger partial charge is 0.478 e. The molecule has 2 aromatic heterocycles. The predicted octanol–water partition coefficient (Wildman–Crippen LogP) is 2.63. The van der Waals surface area contributed by atoms with Crippen molar-refractivity contribution in [2.45, 2.75) is 0 Å². The van der Waals surface area contributed by atoms with Crippen LogP contribution in [0.3, 0.4) is 0 Å². The maximum absolute atomic E-state index is 10.4. The number of aromatic amines is 1. The first-order valence-corrected chi connectivity index (χ1v) is 6.32. The van der Waals surface area contributed by atoms with E-state index in [0.717, 1.165) is 0 Å². The number of benzene rings is 1. The van der Waals surface area contributed by atoms with Gasteiger partial charge in [-0.2, -0.15) is 0 Å². The molecule has 9 heteroatoms. The van der Waals surface area contributed by atoms with Crippen molar-refractivity contribution in [3.05, 3.63) is 46.5 Å². The Bertz CT molecular complexity index is 790. The first kappa shape index (κ1) is 15.0. The molecule has 0 saturated heterocycles. The lowest BCUT2D eigenvalue weighted by atomic mass is 10.2. The first-order valence-electron chi connectivity index (χ1n) is 5.57. The Kier molecular flexibility index (Phi) is 4.56. The number of anilines is 1. The zero-order valence-corrected chi connectivity index (χ0v) is 11.9. The fourth-order valence-electron chi connectivity index (χ4n) is 1.41. The van der Waals surface area contributed by atoms with E-state index in [4.69, 9.17) is 34.0 Å². The molecule has 3 rings (SSSR count). The molecule has 4 N–H and O–H groups in total. The van der Waals surface area contributed by atoms with Crippen molar-refractivity contribution in [1.82, 2.24) is 19.9 Å². The van der Waals surface area contributed by atoms with Crippen LogP contribution in [-0.2, 0) is 0 Å². The van der Waals surface area contributed by atoms with Gasteiger partial charge in [0.2, 0.25) is 0 Å². The van der Waals surface area contributed by atoms with E-state index in [1.165, 1.54) is 30.9 Å². The number of rotatable bonds is 1. The van der Waals surface area contributed by atoms with E-state index in [1.807, 2.05) is 0 Å². The standard InChI is InChI=1S/C7H4Cl2O2.C5H5N5/c8-5-2-1-4(7(10)11)3-6(5)9;6-4-3-5(9-1-7-3)10-2-8-4/h1-3H,(H,10,11);1-2H,(H3,6,7,8,9,10). The lowest BCUT2D eigenvalue weighted by Crippen LogP contribution is -1.94. The van der Waals surface area contributed by atoms with Crippen LogP contribution in [0.1, 0.15) is 10.4 Å². The molecule has 1 aromatic carbocycles. The molecule has 0 aliphatic heterocycles. The molecule has 0 amide bonds. The number of nitrogens with zero attached hydrogens (tertiary/aromatic N) is 3. The number of aromatic carboxylic acids is 1. The minimum atomic E-state index is -1.01. The Balaban J connectivity index is 0.000000154. The van der Waals surface area contributed by atoms with Crippen LogP contribution in [-0.4, -0.2) is 31.0 Å². The third-order valence-corrected chi connectivity index (χ3v) is 3.16. The molecule has 0 atom stereocenters. The van der Waals surface area contributed by atoms with Gasteiger partial charge in [-0.3, -0.25) is 0 Å². The molecule has 2 heterocycles. The lowest BCUT2D eigenvalue weighted by Gasteiger charge is -1.96. The van der Waals surface area contributed by atoms with Gasteiger partial charge < -0.3 is 15.8 Å². The summed E-state index contributed by atoms with van der Waals surface area (Å²) in [6.07, 6.45) is 2.92. The van der Waals surface area contributed by atoms with Crippen molar-refractivity contribution in [3.8, 4) is 0 Å². The molecule has 108 valence electrons. The maximum Gasteiger partial charge on any atom is 0.335 e. The van der Waals surface area contributed by atoms with Gasteiger partial charge in [0.1, 0.15) is 11.8 Å². The number of nitrogens with one attached hydrogen (secondary N) is 1. The molecule has 0 radical (unpaired) electrons. The van der Waals surface area contributed by atoms with Crippen LogP contribution in [0, 0.1) is 0 Å². The maximum atomic E-state index is 10.4. The van der Waals surface area contributed by atoms with E-state index in [9.17, 15) is 4.79 Å². The Labute approximate surface area is 128 Å². The Morgan fingerprint density at radius 1 is 1.19 bits per heavy atom. The van der Waals surface area contributed by atoms with Crippen molar-refractivity contribution in [2.24, 2.45) is 0 Å². The minimum Gasteiger partial charge on any atom is -0.478 e. The Morgan fingerprint density at radius 3 is 2.57 bits per heavy atom. The highest BCUT2D eigenvalue weighted by atomic mass is 35.5. The number of imidazole rings is 1. The van der Waals surface area contributed by atoms with Crippen LogP contribution in [0.2, 0.25) is 10.0 Å². The average molecular weight is 326 g/mol. The number of carbonyl (C=O) groups is 1. The summed E-state index contributed by atoms with van der Waals surface area (Å²) < 4.78 is 0. The van der Waals surface area contributed by atoms with Crippen LogP contribution in [0.4, 0.5) is 5.82 Å². The summed E-state index contributed by atoms with van der Waals surface area (Å²) in [5.41, 5.74) is 6.92. The summed E-state index contributed by atoms with van der Waals surface area (Å²) >= 11 is 11.1. The van der Waals surface area contributed by atoms with Crippen molar-refractivity contribution < 1.29 is 9.90 Å². The second kappa shape index (κ2) is 6.38. The normalized spacial score (nSPS) is 10.0. The highest BCUT2D eigenvalue weighted by Gasteiger charge is 2.04. The van der Waals surface area contributed by atoms with Gasteiger partial charge in [0.25, 0.3) is 0 Å². The molecule has 0 saturated carbocycles. The molecule has 0 aliphatic carbocycles. The molecule has 0 bridgehead atoms. The molecular formula is C12H9Cl2N5O2. The van der Waals surface area contributed by atoms with E-state index in [0.29, 0.717) is 22.0 Å². The van der Waals surface area contributed by atoms with Crippen molar-refractivity contribution >= 4 is 46.2 Å². The van der Waals surface area contributed by atoms with Crippen LogP contribution in [0.25, 0.3) is 11.2 Å². The van der Waals surface area contributed by atoms with Gasteiger partial charge in [0, 0.05) is 0 Å². The highest BCUT2D eigenvalue weighted by molar-refractivity contribution is 6.42. The van der Waals surface area contributed by atoms with Gasteiger partial charge in [-0.05, 0) is 18.2 Å². The van der Waals surface area contributed by atoms with Crippen LogP contribution in [0.5, 0.6) is 0 Å². The molecular weight excluding hydrogens is 317 g/mol. The topological polar surface area (TPSA) is 118 Å². The summed E-state index contributed by atoms with van der Waals surface area (Å²) in [6, 6.07) is 4.16. The third-order valence-electron chi connectivity index (χ3n) is 2.42. The number of carboxylic acid groups (broad SMARTS) is 1. The van der Waals surface area contributed by atoms with E-state index < -0.39 is 5.97 Å². The van der Waals surface area contributed by atoms with Crippen LogP contribution in [0.15, 0.2) is 30.9 Å². The monoisotopic (exact) mass is 325 g/mol. The fourth-order valence-corrected chi connectivity index (χ4v) is 1.71. The quantitative estimate of drug-likeness (QED) is 0.633. The molecule has 0 unspecified atom stereocenters. The lowest BCUT2D eigenvalue weighted by molar-refractivity contribution is 0.0697. The van der Waals surface area contributed by atoms with Gasteiger partial charge in [0.05, 0.1) is 21.9 Å². The second-order valence-electron chi connectivity index (χ2n) is 3.79.